The van der Waals surface area contributed by atoms with Crippen LogP contribution in [-0.2, 0) is 14.3 Å². The van der Waals surface area contributed by atoms with Gasteiger partial charge in [-0.15, -0.1) is 0 Å². The SMILES string of the molecule is CCCC(=O)C(=O)CN(C)CCOCCNCC. The second-order valence-electron chi connectivity index (χ2n) is 4.30. The van der Waals surface area contributed by atoms with Gasteiger partial charge in [-0.2, -0.15) is 0 Å². The minimum atomic E-state index is -0.299. The summed E-state index contributed by atoms with van der Waals surface area (Å²) in [4.78, 5) is 24.6. The molecule has 0 rings (SSSR count). The van der Waals surface area contributed by atoms with Crippen LogP contribution in [0.2, 0.25) is 0 Å². The van der Waals surface area contributed by atoms with Gasteiger partial charge in [0.25, 0.3) is 0 Å². The van der Waals surface area contributed by atoms with E-state index >= 15 is 0 Å². The van der Waals surface area contributed by atoms with Crippen molar-refractivity contribution < 1.29 is 14.3 Å². The molecule has 0 aliphatic carbocycles. The number of ether oxygens (including phenoxy) is 1. The topological polar surface area (TPSA) is 58.6 Å². The number of hydrogen-bond acceptors (Lipinski definition) is 5. The van der Waals surface area contributed by atoms with Crippen LogP contribution in [0.5, 0.6) is 0 Å². The van der Waals surface area contributed by atoms with Gasteiger partial charge in [0.15, 0.2) is 5.78 Å². The number of hydrogen-bond donors (Lipinski definition) is 1. The average Bonchev–Trinajstić information content (AvgIpc) is 2.33. The molecule has 0 fully saturated rings. The van der Waals surface area contributed by atoms with Gasteiger partial charge in [0.1, 0.15) is 0 Å². The van der Waals surface area contributed by atoms with Crippen LogP contribution in [0, 0.1) is 0 Å². The molecule has 18 heavy (non-hydrogen) atoms. The molecule has 106 valence electrons. The Hall–Kier alpha value is -0.780. The first kappa shape index (κ1) is 17.2. The second kappa shape index (κ2) is 11.3. The van der Waals surface area contributed by atoms with Crippen LogP contribution in [0.15, 0.2) is 0 Å². The molecule has 0 saturated carbocycles. The molecule has 0 saturated heterocycles. The Labute approximate surface area is 110 Å². The maximum absolute atomic E-state index is 11.5. The van der Waals surface area contributed by atoms with Crippen molar-refractivity contribution in [2.75, 3.05) is 46.4 Å². The van der Waals surface area contributed by atoms with E-state index in [1.54, 1.807) is 0 Å². The second-order valence-corrected chi connectivity index (χ2v) is 4.30. The molecule has 0 amide bonds. The van der Waals surface area contributed by atoms with E-state index in [0.29, 0.717) is 26.2 Å². The van der Waals surface area contributed by atoms with Crippen LogP contribution in [0.25, 0.3) is 0 Å². The van der Waals surface area contributed by atoms with Gasteiger partial charge in [0.05, 0.1) is 19.8 Å². The zero-order chi connectivity index (χ0) is 13.8. The summed E-state index contributed by atoms with van der Waals surface area (Å²) in [5.41, 5.74) is 0. The standard InChI is InChI=1S/C13H26N2O3/c1-4-6-12(16)13(17)11-15(3)8-10-18-9-7-14-5-2/h14H,4-11H2,1-3H3. The Kier molecular flexibility index (Phi) is 10.8. The number of likely N-dealkylation sites (N-methyl/N-ethyl adjacent to an activating group) is 2. The smallest absolute Gasteiger partial charge is 0.212 e. The van der Waals surface area contributed by atoms with Crippen molar-refractivity contribution in [3.8, 4) is 0 Å². The van der Waals surface area contributed by atoms with Crippen molar-refractivity contribution >= 4 is 11.6 Å². The Morgan fingerprint density at radius 3 is 2.50 bits per heavy atom. The van der Waals surface area contributed by atoms with E-state index in [9.17, 15) is 9.59 Å². The molecule has 0 unspecified atom stereocenters. The largest absolute Gasteiger partial charge is 0.379 e. The third kappa shape index (κ3) is 9.27. The molecule has 0 spiro atoms. The number of nitrogens with zero attached hydrogens (tertiary/aromatic N) is 1. The van der Waals surface area contributed by atoms with Gasteiger partial charge in [-0.3, -0.25) is 14.5 Å². The fraction of sp³-hybridized carbons (Fsp3) is 0.846. The van der Waals surface area contributed by atoms with Crippen molar-refractivity contribution in [1.82, 2.24) is 10.2 Å². The lowest BCUT2D eigenvalue weighted by molar-refractivity contribution is -0.137. The van der Waals surface area contributed by atoms with E-state index in [1.165, 1.54) is 0 Å². The van der Waals surface area contributed by atoms with Crippen LogP contribution >= 0.6 is 0 Å². The Balaban J connectivity index is 3.55. The van der Waals surface area contributed by atoms with Crippen LogP contribution < -0.4 is 5.32 Å². The summed E-state index contributed by atoms with van der Waals surface area (Å²) in [5, 5.41) is 3.16. The minimum Gasteiger partial charge on any atom is -0.379 e. The van der Waals surface area contributed by atoms with Gasteiger partial charge < -0.3 is 10.1 Å². The van der Waals surface area contributed by atoms with Crippen LogP contribution in [-0.4, -0.2) is 62.9 Å². The number of carbonyl (C=O) groups excluding carboxylic acids is 2. The van der Waals surface area contributed by atoms with Crippen molar-refractivity contribution in [1.29, 1.82) is 0 Å². The highest BCUT2D eigenvalue weighted by Gasteiger charge is 2.14. The number of carbonyl (C=O) groups is 2. The summed E-state index contributed by atoms with van der Waals surface area (Å²) in [6.07, 6.45) is 1.08. The molecule has 0 bridgehead atoms. The highest BCUT2D eigenvalue weighted by atomic mass is 16.5. The summed E-state index contributed by atoms with van der Waals surface area (Å²) in [6.45, 7) is 7.83. The van der Waals surface area contributed by atoms with Crippen molar-refractivity contribution in [2.45, 2.75) is 26.7 Å². The number of rotatable bonds is 12. The average molecular weight is 258 g/mol. The zero-order valence-electron chi connectivity index (χ0n) is 11.8. The molecule has 0 aliphatic heterocycles. The lowest BCUT2D eigenvalue weighted by Gasteiger charge is -2.15. The molecule has 5 nitrogen and oxygen atoms in total. The maximum Gasteiger partial charge on any atom is 0.212 e. The van der Waals surface area contributed by atoms with Gasteiger partial charge >= 0.3 is 0 Å². The van der Waals surface area contributed by atoms with Crippen LogP contribution in [0.3, 0.4) is 0 Å². The molecule has 0 aromatic rings. The van der Waals surface area contributed by atoms with E-state index in [0.717, 1.165) is 19.5 Å². The first-order chi connectivity index (χ1) is 8.61. The highest BCUT2D eigenvalue weighted by Crippen LogP contribution is 1.93. The molecule has 0 aliphatic rings. The van der Waals surface area contributed by atoms with Crippen molar-refractivity contribution in [3.63, 3.8) is 0 Å². The molecule has 0 aromatic heterocycles. The van der Waals surface area contributed by atoms with Crippen LogP contribution in [0.1, 0.15) is 26.7 Å². The third-order valence-corrected chi connectivity index (χ3v) is 2.49. The van der Waals surface area contributed by atoms with Crippen molar-refractivity contribution in [2.24, 2.45) is 0 Å². The predicted molar refractivity (Wildman–Crippen MR) is 71.8 cm³/mol. The summed E-state index contributed by atoms with van der Waals surface area (Å²) >= 11 is 0. The fourth-order valence-electron chi connectivity index (χ4n) is 1.42. The molecule has 0 heterocycles. The molecular weight excluding hydrogens is 232 g/mol. The molecule has 0 atom stereocenters. The van der Waals surface area contributed by atoms with E-state index < -0.39 is 0 Å². The Morgan fingerprint density at radius 2 is 1.89 bits per heavy atom. The van der Waals surface area contributed by atoms with E-state index in [-0.39, 0.29) is 18.1 Å². The fourth-order valence-corrected chi connectivity index (χ4v) is 1.42. The summed E-state index contributed by atoms with van der Waals surface area (Å²) in [6, 6.07) is 0. The molecule has 5 heteroatoms. The third-order valence-electron chi connectivity index (χ3n) is 2.49. The zero-order valence-corrected chi connectivity index (χ0v) is 11.8. The monoisotopic (exact) mass is 258 g/mol. The highest BCUT2D eigenvalue weighted by molar-refractivity contribution is 6.37. The first-order valence-electron chi connectivity index (χ1n) is 6.64. The number of nitrogens with one attached hydrogen (secondary N) is 1. The predicted octanol–water partition coefficient (Wildman–Crippen LogP) is 0.483. The molecule has 1 N–H and O–H groups in total. The minimum absolute atomic E-state index is 0.190. The summed E-state index contributed by atoms with van der Waals surface area (Å²) in [7, 11) is 1.82. The lowest BCUT2D eigenvalue weighted by Crippen LogP contribution is -2.33. The van der Waals surface area contributed by atoms with Gasteiger partial charge in [-0.05, 0) is 20.0 Å². The Morgan fingerprint density at radius 1 is 1.17 bits per heavy atom. The summed E-state index contributed by atoms with van der Waals surface area (Å²) in [5.74, 6) is -0.565. The van der Waals surface area contributed by atoms with Crippen molar-refractivity contribution in [3.05, 3.63) is 0 Å². The van der Waals surface area contributed by atoms with E-state index in [4.69, 9.17) is 4.74 Å². The van der Waals surface area contributed by atoms with E-state index in [1.807, 2.05) is 25.8 Å². The van der Waals surface area contributed by atoms with Gasteiger partial charge in [-0.1, -0.05) is 13.8 Å². The van der Waals surface area contributed by atoms with Crippen LogP contribution in [0.4, 0.5) is 0 Å². The number of ketones is 2. The first-order valence-corrected chi connectivity index (χ1v) is 6.64. The lowest BCUT2D eigenvalue weighted by atomic mass is 10.1. The van der Waals surface area contributed by atoms with Gasteiger partial charge in [0, 0.05) is 19.5 Å². The summed E-state index contributed by atoms with van der Waals surface area (Å²) < 4.78 is 5.40. The van der Waals surface area contributed by atoms with Gasteiger partial charge in [0.2, 0.25) is 5.78 Å². The quantitative estimate of drug-likeness (QED) is 0.408. The molecular formula is C13H26N2O3. The Bertz CT molecular complexity index is 244. The van der Waals surface area contributed by atoms with E-state index in [2.05, 4.69) is 5.32 Å². The number of Topliss-reactive ketones (excluding diaryl/α,β-unsaturated/α-hetero) is 2. The normalized spacial score (nSPS) is 10.9. The molecule has 0 aromatic carbocycles. The molecule has 0 radical (unpaired) electrons. The van der Waals surface area contributed by atoms with Gasteiger partial charge in [-0.25, -0.2) is 0 Å². The maximum atomic E-state index is 11.5.